The van der Waals surface area contributed by atoms with E-state index < -0.39 is 28.6 Å². The lowest BCUT2D eigenvalue weighted by Gasteiger charge is -2.24. The number of nitriles is 2. The van der Waals surface area contributed by atoms with E-state index in [1.165, 1.54) is 23.2 Å². The van der Waals surface area contributed by atoms with Crippen LogP contribution in [0.5, 0.6) is 0 Å². The number of nitrogens with zero attached hydrogens (tertiary/aromatic N) is 5. The third-order valence-electron chi connectivity index (χ3n) is 4.67. The molecule has 0 radical (unpaired) electrons. The first-order chi connectivity index (χ1) is 13.5. The maximum atomic E-state index is 13.2. The highest BCUT2D eigenvalue weighted by Crippen LogP contribution is 2.41. The highest BCUT2D eigenvalue weighted by atomic mass is 16.6. The van der Waals surface area contributed by atoms with Crippen LogP contribution in [0.3, 0.4) is 0 Å². The van der Waals surface area contributed by atoms with Crippen LogP contribution in [0.2, 0.25) is 0 Å². The minimum atomic E-state index is -1.25. The predicted molar refractivity (Wildman–Crippen MR) is 101 cm³/mol. The van der Waals surface area contributed by atoms with Crippen molar-refractivity contribution in [2.24, 2.45) is 16.9 Å². The Balaban J connectivity index is 2.12. The van der Waals surface area contributed by atoms with Crippen LogP contribution in [0.25, 0.3) is 0 Å². The summed E-state index contributed by atoms with van der Waals surface area (Å²) in [5.41, 5.74) is 0.874. The van der Waals surface area contributed by atoms with Crippen LogP contribution in [-0.4, -0.2) is 16.5 Å². The van der Waals surface area contributed by atoms with E-state index in [9.17, 15) is 25.4 Å². The Morgan fingerprint density at radius 3 is 2.32 bits per heavy atom. The number of rotatable bonds is 5. The van der Waals surface area contributed by atoms with E-state index in [0.29, 0.717) is 11.4 Å². The molecule has 0 aromatic heterocycles. The summed E-state index contributed by atoms with van der Waals surface area (Å²) < 4.78 is 0. The summed E-state index contributed by atoms with van der Waals surface area (Å²) in [4.78, 5) is 24.1. The fourth-order valence-electron chi connectivity index (χ4n) is 3.42. The maximum Gasteiger partial charge on any atom is 0.272 e. The van der Waals surface area contributed by atoms with E-state index in [-0.39, 0.29) is 11.3 Å². The van der Waals surface area contributed by atoms with Gasteiger partial charge in [0.25, 0.3) is 11.6 Å². The Morgan fingerprint density at radius 1 is 1.11 bits per heavy atom. The van der Waals surface area contributed by atoms with Crippen LogP contribution in [0.1, 0.15) is 18.4 Å². The van der Waals surface area contributed by atoms with Crippen molar-refractivity contribution in [3.63, 3.8) is 0 Å². The summed E-state index contributed by atoms with van der Waals surface area (Å²) in [6.07, 6.45) is 0. The second-order valence-electron chi connectivity index (χ2n) is 6.28. The summed E-state index contributed by atoms with van der Waals surface area (Å²) in [7, 11) is 0. The summed E-state index contributed by atoms with van der Waals surface area (Å²) in [5, 5.41) is 36.0. The fraction of sp³-hybridized carbons (Fsp3) is 0.200. The third-order valence-corrected chi connectivity index (χ3v) is 4.67. The molecule has 3 rings (SSSR count). The third kappa shape index (κ3) is 3.19. The molecule has 8 nitrogen and oxygen atoms in total. The van der Waals surface area contributed by atoms with Crippen molar-refractivity contribution in [2.75, 3.05) is 5.01 Å². The van der Waals surface area contributed by atoms with Crippen LogP contribution in [0.15, 0.2) is 59.7 Å². The average molecular weight is 373 g/mol. The summed E-state index contributed by atoms with van der Waals surface area (Å²) in [6.45, 7) is 1.62. The van der Waals surface area contributed by atoms with Gasteiger partial charge in [0.15, 0.2) is 0 Å². The van der Waals surface area contributed by atoms with Crippen molar-refractivity contribution >= 4 is 23.0 Å². The normalized spacial score (nSPS) is 17.0. The Morgan fingerprint density at radius 2 is 1.71 bits per heavy atom. The van der Waals surface area contributed by atoms with Gasteiger partial charge < -0.3 is 0 Å². The van der Waals surface area contributed by atoms with Crippen molar-refractivity contribution in [1.82, 2.24) is 0 Å². The molecule has 0 spiro atoms. The number of hydrazone groups is 1. The Bertz CT molecular complexity index is 1020. The number of carbonyl (C=O) groups excluding carboxylic acids is 1. The largest absolute Gasteiger partial charge is 0.272 e. The molecular formula is C20H15N5O3. The van der Waals surface area contributed by atoms with Crippen molar-refractivity contribution in [3.8, 4) is 12.1 Å². The number of hydrogen-bond acceptors (Lipinski definition) is 6. The summed E-state index contributed by atoms with van der Waals surface area (Å²) in [6, 6.07) is 18.4. The van der Waals surface area contributed by atoms with Crippen LogP contribution < -0.4 is 5.01 Å². The minimum Gasteiger partial charge on any atom is -0.272 e. The molecule has 1 aliphatic rings. The molecule has 2 aromatic carbocycles. The second kappa shape index (κ2) is 7.68. The molecule has 1 heterocycles. The molecule has 1 aliphatic heterocycles. The van der Waals surface area contributed by atoms with Gasteiger partial charge in [0.05, 0.1) is 28.7 Å². The first-order valence-electron chi connectivity index (χ1n) is 8.46. The number of hydrogen-bond donors (Lipinski definition) is 0. The first-order valence-corrected chi connectivity index (χ1v) is 8.46. The van der Waals surface area contributed by atoms with Crippen LogP contribution in [-0.2, 0) is 4.79 Å². The molecule has 1 amide bonds. The Hall–Kier alpha value is -4.04. The standard InChI is InChI=1S/C20H15N5O3/c1-13-18(20(26)24(23-13)15-7-3-2-4-8-15)19(14(11-21)12-22)16-9-5-6-10-17(16)25(27)28/h2-10,14,18-19H,1H3/t18-,19-/m1/s1. The van der Waals surface area contributed by atoms with E-state index in [4.69, 9.17) is 0 Å². The van der Waals surface area contributed by atoms with Crippen molar-refractivity contribution in [1.29, 1.82) is 10.5 Å². The zero-order chi connectivity index (χ0) is 20.3. The van der Waals surface area contributed by atoms with Crippen LogP contribution in [0.4, 0.5) is 11.4 Å². The van der Waals surface area contributed by atoms with E-state index in [0.717, 1.165) is 0 Å². The molecule has 0 aliphatic carbocycles. The van der Waals surface area contributed by atoms with Gasteiger partial charge in [-0.2, -0.15) is 15.6 Å². The van der Waals surface area contributed by atoms with Gasteiger partial charge in [-0.1, -0.05) is 36.4 Å². The van der Waals surface area contributed by atoms with Crippen molar-refractivity contribution in [3.05, 3.63) is 70.3 Å². The van der Waals surface area contributed by atoms with Gasteiger partial charge in [-0.15, -0.1) is 0 Å². The lowest BCUT2D eigenvalue weighted by Crippen LogP contribution is -2.34. The quantitative estimate of drug-likeness (QED) is 0.587. The number of carbonyl (C=O) groups is 1. The number of benzene rings is 2. The predicted octanol–water partition coefficient (Wildman–Crippen LogP) is 3.38. The zero-order valence-corrected chi connectivity index (χ0v) is 14.9. The smallest absolute Gasteiger partial charge is 0.272 e. The van der Waals surface area contributed by atoms with Crippen LogP contribution >= 0.6 is 0 Å². The second-order valence-corrected chi connectivity index (χ2v) is 6.28. The maximum absolute atomic E-state index is 13.2. The fourth-order valence-corrected chi connectivity index (χ4v) is 3.42. The zero-order valence-electron chi connectivity index (χ0n) is 14.9. The lowest BCUT2D eigenvalue weighted by atomic mass is 9.75. The number of anilines is 1. The SMILES string of the molecule is CC1=NN(c2ccccc2)C(=O)[C@H]1[C@@H](c1ccccc1[N+](=O)[O-])C(C#N)C#N. The van der Waals surface area contributed by atoms with Gasteiger partial charge in [-0.05, 0) is 19.1 Å². The highest BCUT2D eigenvalue weighted by molar-refractivity contribution is 6.15. The molecule has 0 unspecified atom stereocenters. The lowest BCUT2D eigenvalue weighted by molar-refractivity contribution is -0.385. The molecule has 0 N–H and O–H groups in total. The number of nitro benzene ring substituents is 1. The van der Waals surface area contributed by atoms with Crippen molar-refractivity contribution in [2.45, 2.75) is 12.8 Å². The van der Waals surface area contributed by atoms with Gasteiger partial charge in [-0.3, -0.25) is 14.9 Å². The van der Waals surface area contributed by atoms with Crippen molar-refractivity contribution < 1.29 is 9.72 Å². The minimum absolute atomic E-state index is 0.170. The number of nitro groups is 1. The van der Waals surface area contributed by atoms with Gasteiger partial charge in [0, 0.05) is 23.3 Å². The van der Waals surface area contributed by atoms with Gasteiger partial charge in [0.2, 0.25) is 0 Å². The van der Waals surface area contributed by atoms with E-state index in [2.05, 4.69) is 5.10 Å². The molecular weight excluding hydrogens is 358 g/mol. The molecule has 0 fully saturated rings. The molecule has 138 valence electrons. The monoisotopic (exact) mass is 373 g/mol. The first kappa shape index (κ1) is 18.7. The van der Waals surface area contributed by atoms with Gasteiger partial charge >= 0.3 is 0 Å². The Labute approximate surface area is 161 Å². The van der Waals surface area contributed by atoms with E-state index in [1.807, 2.05) is 12.1 Å². The van der Waals surface area contributed by atoms with Gasteiger partial charge in [-0.25, -0.2) is 5.01 Å². The van der Waals surface area contributed by atoms with E-state index >= 15 is 0 Å². The molecule has 0 bridgehead atoms. The topological polar surface area (TPSA) is 123 Å². The van der Waals surface area contributed by atoms with Gasteiger partial charge in [0.1, 0.15) is 5.92 Å². The van der Waals surface area contributed by atoms with E-state index in [1.54, 1.807) is 43.3 Å². The molecule has 2 atom stereocenters. The number of para-hydroxylation sites is 2. The average Bonchev–Trinajstić information content (AvgIpc) is 3.01. The molecule has 28 heavy (non-hydrogen) atoms. The molecule has 0 saturated carbocycles. The highest BCUT2D eigenvalue weighted by Gasteiger charge is 2.46. The Kier molecular flexibility index (Phi) is 5.14. The summed E-state index contributed by atoms with van der Waals surface area (Å²) >= 11 is 0. The molecule has 2 aromatic rings. The molecule has 0 saturated heterocycles. The van der Waals surface area contributed by atoms with Crippen LogP contribution in [0, 0.1) is 44.6 Å². The molecule has 8 heteroatoms. The number of amides is 1. The summed E-state index contributed by atoms with van der Waals surface area (Å²) in [5.74, 6) is -3.65.